The Morgan fingerprint density at radius 1 is 1.19 bits per heavy atom. The third kappa shape index (κ3) is 26.3. The average molecular weight is 616 g/mol. The van der Waals surface area contributed by atoms with Gasteiger partial charge in [-0.25, -0.2) is 0 Å². The van der Waals surface area contributed by atoms with Crippen LogP contribution in [0.3, 0.4) is 0 Å². The summed E-state index contributed by atoms with van der Waals surface area (Å²) in [5.74, 6) is 0.871. The number of hydrogen-bond donors (Lipinski definition) is 2. The molecule has 8 heteroatoms. The zero-order valence-electron chi connectivity index (χ0n) is 16.6. The summed E-state index contributed by atoms with van der Waals surface area (Å²) in [5.41, 5.74) is 0. The normalized spacial score (nSPS) is 10.8. The van der Waals surface area contributed by atoms with Crippen LogP contribution in [0.5, 0.6) is 0 Å². The van der Waals surface area contributed by atoms with E-state index >= 15 is 0 Å². The van der Waals surface area contributed by atoms with E-state index in [4.69, 9.17) is 4.55 Å². The van der Waals surface area contributed by atoms with Gasteiger partial charge < -0.3 is 23.5 Å². The van der Waals surface area contributed by atoms with E-state index in [-0.39, 0.29) is 60.9 Å². The second-order valence-corrected chi connectivity index (χ2v) is 8.25. The maximum absolute atomic E-state index is 11.5. The number of unbranched alkanes of at least 4 members (excludes halogenated alkanes) is 1. The van der Waals surface area contributed by atoms with Gasteiger partial charge in [0.25, 0.3) is 10.1 Å². The van der Waals surface area contributed by atoms with Crippen LogP contribution in [0.1, 0.15) is 66.2 Å². The van der Waals surface area contributed by atoms with Crippen molar-refractivity contribution in [1.29, 1.82) is 0 Å². The zero-order chi connectivity index (χ0) is 19.9. The number of rotatable bonds is 12. The Hall–Kier alpha value is 0.102. The molecule has 0 radical (unpaired) electrons. The van der Waals surface area contributed by atoms with Gasteiger partial charge >= 0.3 is 31.1 Å². The molecule has 0 aliphatic carbocycles. The van der Waals surface area contributed by atoms with Crippen LogP contribution < -0.4 is 5.32 Å². The van der Waals surface area contributed by atoms with Gasteiger partial charge in [-0.05, 0) is 25.2 Å². The first-order valence-corrected chi connectivity index (χ1v) is 10.5. The van der Waals surface area contributed by atoms with Gasteiger partial charge in [-0.2, -0.15) is 21.3 Å². The number of ketones is 1. The van der Waals surface area contributed by atoms with Gasteiger partial charge in [-0.1, -0.05) is 27.7 Å². The van der Waals surface area contributed by atoms with Gasteiger partial charge in [-0.15, -0.1) is 6.42 Å². The summed E-state index contributed by atoms with van der Waals surface area (Å²) >= 11 is 0. The van der Waals surface area contributed by atoms with Gasteiger partial charge in [0.2, 0.25) is 5.91 Å². The van der Waals surface area contributed by atoms with E-state index in [1.807, 2.05) is 20.3 Å². The Morgan fingerprint density at radius 3 is 2.15 bits per heavy atom. The Bertz CT molecular complexity index is 464. The molecule has 152 valence electrons. The van der Waals surface area contributed by atoms with Crippen molar-refractivity contribution >= 4 is 21.8 Å². The fourth-order valence-electron chi connectivity index (χ4n) is 1.72. The smallest absolute Gasteiger partial charge is 0.356 e. The van der Waals surface area contributed by atoms with Crippen LogP contribution in [0.4, 0.5) is 0 Å². The van der Waals surface area contributed by atoms with E-state index in [0.29, 0.717) is 25.2 Å². The van der Waals surface area contributed by atoms with Gasteiger partial charge in [0.05, 0.1) is 0 Å². The second-order valence-electron chi connectivity index (χ2n) is 6.68. The van der Waals surface area contributed by atoms with Crippen LogP contribution in [0.2, 0.25) is 0 Å². The minimum atomic E-state index is -3.74. The van der Waals surface area contributed by atoms with Crippen molar-refractivity contribution in [3.8, 4) is 0 Å². The number of nitrogens with one attached hydrogen (secondary N) is 1. The summed E-state index contributed by atoms with van der Waals surface area (Å²) in [6.07, 6.45) is 5.99. The molecule has 6 nitrogen and oxygen atoms in total. The fourth-order valence-corrected chi connectivity index (χ4v) is 2.09. The number of hydrogen-bond acceptors (Lipinski definition) is 4. The minimum absolute atomic E-state index is 0. The molecular weight excluding hydrogens is 580 g/mol. The topological polar surface area (TPSA) is 101 Å². The number of amides is 1. The van der Waals surface area contributed by atoms with E-state index < -0.39 is 10.1 Å². The molecule has 26 heavy (non-hydrogen) atoms. The second kappa shape index (κ2) is 18.5. The molecule has 0 aromatic carbocycles. The zero-order valence-corrected chi connectivity index (χ0v) is 21.6. The van der Waals surface area contributed by atoms with Crippen molar-refractivity contribution in [1.82, 2.24) is 5.32 Å². The first-order valence-electron chi connectivity index (χ1n) is 8.85. The third-order valence-corrected chi connectivity index (χ3v) is 4.05. The number of carbonyl (C=O) groups excluding carboxylic acids is 2. The van der Waals surface area contributed by atoms with Crippen molar-refractivity contribution < 1.29 is 53.7 Å². The van der Waals surface area contributed by atoms with Crippen molar-refractivity contribution in [2.45, 2.75) is 66.2 Å². The maximum atomic E-state index is 11.5. The van der Waals surface area contributed by atoms with Crippen molar-refractivity contribution in [2.24, 2.45) is 11.8 Å². The Balaban J connectivity index is -0.000000561. The summed E-state index contributed by atoms with van der Waals surface area (Å²) in [4.78, 5) is 22.8. The molecule has 2 N–H and O–H groups in total. The minimum Gasteiger partial charge on any atom is -0.356 e. The molecule has 0 saturated carbocycles. The predicted octanol–water partition coefficient (Wildman–Crippen LogP) is 3.24. The average Bonchev–Trinajstić information content (AvgIpc) is 2.47. The van der Waals surface area contributed by atoms with E-state index in [1.165, 1.54) is 0 Å². The molecule has 0 aliphatic heterocycles. The standard InChI is InChI=1S/C15H28NO2.C3H7O3S.U/c1-12(2)8-7-11-16-15(18)10-6-5-9-14(17)13(3)4;1-2-3-7(4,5)6;/h5,12-13H,6-11H2,1-4H3,(H,16,18);1-3H2,(H,4,5,6);/q2*-1;+2. The van der Waals surface area contributed by atoms with Crippen LogP contribution in [0, 0.1) is 56.3 Å². The monoisotopic (exact) mass is 615 g/mol. The third-order valence-electron chi connectivity index (χ3n) is 3.25. The van der Waals surface area contributed by atoms with Gasteiger partial charge in [0.15, 0.2) is 0 Å². The molecule has 0 aromatic rings. The van der Waals surface area contributed by atoms with Gasteiger partial charge in [0.1, 0.15) is 5.78 Å². The van der Waals surface area contributed by atoms with E-state index in [0.717, 1.165) is 19.4 Å². The SMILES string of the molecule is CC(C)CCCNC(=O)CC[CH-]CC(=O)C(C)C.[CH2-]CCS(=O)(=O)O.[U+2]. The van der Waals surface area contributed by atoms with Crippen LogP contribution >= 0.6 is 0 Å². The van der Waals surface area contributed by atoms with E-state index in [1.54, 1.807) is 0 Å². The van der Waals surface area contributed by atoms with Gasteiger partial charge in [-0.3, -0.25) is 9.35 Å². The predicted molar refractivity (Wildman–Crippen MR) is 101 cm³/mol. The van der Waals surface area contributed by atoms with E-state index in [2.05, 4.69) is 26.1 Å². The summed E-state index contributed by atoms with van der Waals surface area (Å²) in [7, 11) is -3.74. The molecule has 1 amide bonds. The van der Waals surface area contributed by atoms with Crippen LogP contribution in [0.25, 0.3) is 0 Å². The molecule has 0 aliphatic rings. The Kier molecular flexibility index (Phi) is 21.9. The largest absolute Gasteiger partial charge is 2.00 e. The molecule has 0 fully saturated rings. The molecule has 0 rings (SSSR count). The fraction of sp³-hybridized carbons (Fsp3) is 0.778. The Labute approximate surface area is 183 Å². The first kappa shape index (κ1) is 30.8. The molecule has 0 saturated heterocycles. The molecule has 0 aromatic heterocycles. The molecule has 0 spiro atoms. The van der Waals surface area contributed by atoms with Crippen molar-refractivity contribution in [2.75, 3.05) is 12.3 Å². The summed E-state index contributed by atoms with van der Waals surface area (Å²) in [6.45, 7) is 12.2. The van der Waals surface area contributed by atoms with Gasteiger partial charge in [0, 0.05) is 18.2 Å². The van der Waals surface area contributed by atoms with Crippen molar-refractivity contribution in [3.05, 3.63) is 13.3 Å². The van der Waals surface area contributed by atoms with Crippen LogP contribution in [-0.4, -0.2) is 37.0 Å². The molecule has 0 heterocycles. The van der Waals surface area contributed by atoms with Crippen LogP contribution in [-0.2, 0) is 19.7 Å². The molecule has 0 unspecified atom stereocenters. The summed E-state index contributed by atoms with van der Waals surface area (Å²) < 4.78 is 27.4. The Morgan fingerprint density at radius 2 is 1.77 bits per heavy atom. The summed E-state index contributed by atoms with van der Waals surface area (Å²) in [6, 6.07) is 0. The first-order chi connectivity index (χ1) is 11.5. The van der Waals surface area contributed by atoms with Crippen LogP contribution in [0.15, 0.2) is 0 Å². The molecule has 0 atom stereocenters. The number of Topliss-reactive ketones (excluding diaryl/α,β-unsaturated/α-hetero) is 1. The van der Waals surface area contributed by atoms with Crippen molar-refractivity contribution in [3.63, 3.8) is 0 Å². The summed E-state index contributed by atoms with van der Waals surface area (Å²) in [5, 5.41) is 2.91. The molecule has 0 bridgehead atoms. The number of carbonyl (C=O) groups is 2. The molecular formula is C18H35NO5SU. The maximum Gasteiger partial charge on any atom is 2.00 e. The van der Waals surface area contributed by atoms with E-state index in [9.17, 15) is 18.0 Å². The quantitative estimate of drug-likeness (QED) is 0.200.